The van der Waals surface area contributed by atoms with Crippen LogP contribution < -0.4 is 4.90 Å². The van der Waals surface area contributed by atoms with E-state index in [-0.39, 0.29) is 23.9 Å². The molecule has 2 aliphatic rings. The number of aliphatic hydroxyl groups is 1. The third kappa shape index (κ3) is 2.06. The summed E-state index contributed by atoms with van der Waals surface area (Å²) in [5.74, 6) is 0. The molecule has 1 aromatic rings. The van der Waals surface area contributed by atoms with Gasteiger partial charge in [0.25, 0.3) is 5.69 Å². The van der Waals surface area contributed by atoms with E-state index in [0.29, 0.717) is 24.7 Å². The average molecular weight is 276 g/mol. The molecule has 2 bridgehead atoms. The molecule has 0 radical (unpaired) electrons. The summed E-state index contributed by atoms with van der Waals surface area (Å²) < 4.78 is 0. The number of aliphatic hydroxyl groups excluding tert-OH is 1. The highest BCUT2D eigenvalue weighted by Crippen LogP contribution is 2.40. The Morgan fingerprint density at radius 2 is 1.95 bits per heavy atom. The van der Waals surface area contributed by atoms with Gasteiger partial charge in [-0.1, -0.05) is 0 Å². The van der Waals surface area contributed by atoms with E-state index in [1.807, 2.05) is 0 Å². The minimum Gasteiger partial charge on any atom is -0.393 e. The van der Waals surface area contributed by atoms with Crippen molar-refractivity contribution in [2.45, 2.75) is 43.9 Å². The molecule has 0 amide bonds. The van der Waals surface area contributed by atoms with Crippen LogP contribution in [0.4, 0.5) is 11.4 Å². The molecule has 0 saturated carbocycles. The van der Waals surface area contributed by atoms with Crippen LogP contribution in [0.25, 0.3) is 0 Å². The van der Waals surface area contributed by atoms with Crippen molar-refractivity contribution < 1.29 is 14.8 Å². The number of piperidine rings is 1. The molecule has 0 aliphatic carbocycles. The maximum Gasteiger partial charge on any atom is 0.270 e. The lowest BCUT2D eigenvalue weighted by Crippen LogP contribution is -2.45. The zero-order valence-electron chi connectivity index (χ0n) is 10.9. The molecule has 6 nitrogen and oxygen atoms in total. The second-order valence-corrected chi connectivity index (χ2v) is 5.54. The van der Waals surface area contributed by atoms with E-state index in [2.05, 4.69) is 4.90 Å². The van der Waals surface area contributed by atoms with Crippen molar-refractivity contribution in [1.29, 1.82) is 0 Å². The fraction of sp³-hybridized carbons (Fsp3) is 0.500. The number of hydrogen-bond acceptors (Lipinski definition) is 5. The second-order valence-electron chi connectivity index (χ2n) is 5.54. The number of nitro benzene ring substituents is 1. The van der Waals surface area contributed by atoms with Gasteiger partial charge in [0.05, 0.1) is 11.0 Å². The van der Waals surface area contributed by atoms with Crippen molar-refractivity contribution in [3.8, 4) is 0 Å². The fourth-order valence-corrected chi connectivity index (χ4v) is 3.53. The standard InChI is InChI=1S/C14H16N2O4/c17-8-9-5-12(16(19)20)3-4-14(9)15-10-1-2-11(15)7-13(18)6-10/h3-5,8,10-11,13,18H,1-2,6-7H2. The number of fused-ring (bicyclic) bond motifs is 2. The highest BCUT2D eigenvalue weighted by Gasteiger charge is 2.41. The van der Waals surface area contributed by atoms with Crippen LogP contribution in [0.2, 0.25) is 0 Å². The number of aldehydes is 1. The first-order valence-electron chi connectivity index (χ1n) is 6.80. The van der Waals surface area contributed by atoms with Crippen molar-refractivity contribution >= 4 is 17.7 Å². The molecule has 0 aromatic heterocycles. The van der Waals surface area contributed by atoms with Crippen LogP contribution in [0.3, 0.4) is 0 Å². The number of nitrogens with zero attached hydrogens (tertiary/aromatic N) is 2. The molecular weight excluding hydrogens is 260 g/mol. The molecule has 1 N–H and O–H groups in total. The molecular formula is C14H16N2O4. The first kappa shape index (κ1) is 13.1. The van der Waals surface area contributed by atoms with Crippen LogP contribution in [-0.4, -0.2) is 34.5 Å². The lowest BCUT2D eigenvalue weighted by atomic mass is 9.98. The van der Waals surface area contributed by atoms with E-state index in [4.69, 9.17) is 0 Å². The van der Waals surface area contributed by atoms with Crippen molar-refractivity contribution in [3.63, 3.8) is 0 Å². The van der Waals surface area contributed by atoms with Gasteiger partial charge >= 0.3 is 0 Å². The largest absolute Gasteiger partial charge is 0.393 e. The average Bonchev–Trinajstić information content (AvgIpc) is 2.69. The Labute approximate surface area is 116 Å². The van der Waals surface area contributed by atoms with E-state index >= 15 is 0 Å². The Hall–Kier alpha value is -1.95. The first-order valence-corrected chi connectivity index (χ1v) is 6.80. The molecule has 2 aliphatic heterocycles. The molecule has 6 heteroatoms. The van der Waals surface area contributed by atoms with E-state index in [0.717, 1.165) is 18.5 Å². The molecule has 0 spiro atoms. The third-order valence-electron chi connectivity index (χ3n) is 4.34. The summed E-state index contributed by atoms with van der Waals surface area (Å²) in [5, 5.41) is 20.6. The van der Waals surface area contributed by atoms with Gasteiger partial charge in [-0.05, 0) is 31.7 Å². The molecule has 2 unspecified atom stereocenters. The highest BCUT2D eigenvalue weighted by molar-refractivity contribution is 5.86. The highest BCUT2D eigenvalue weighted by atomic mass is 16.6. The Morgan fingerprint density at radius 1 is 1.30 bits per heavy atom. The van der Waals surface area contributed by atoms with Crippen LogP contribution in [0.5, 0.6) is 0 Å². The Bertz CT molecular complexity index is 546. The van der Waals surface area contributed by atoms with Gasteiger partial charge in [0.15, 0.2) is 6.29 Å². The van der Waals surface area contributed by atoms with Gasteiger partial charge < -0.3 is 10.0 Å². The Morgan fingerprint density at radius 3 is 2.50 bits per heavy atom. The molecule has 20 heavy (non-hydrogen) atoms. The number of non-ortho nitro benzene ring substituents is 1. The first-order chi connectivity index (χ1) is 9.60. The molecule has 2 heterocycles. The van der Waals surface area contributed by atoms with E-state index in [9.17, 15) is 20.0 Å². The quantitative estimate of drug-likeness (QED) is 0.518. The predicted octanol–water partition coefficient (Wildman–Crippen LogP) is 1.90. The van der Waals surface area contributed by atoms with Crippen molar-refractivity contribution in [2.24, 2.45) is 0 Å². The second kappa shape index (κ2) is 4.86. The number of rotatable bonds is 3. The third-order valence-corrected chi connectivity index (χ3v) is 4.34. The lowest BCUT2D eigenvalue weighted by Gasteiger charge is -2.39. The zero-order chi connectivity index (χ0) is 14.3. The van der Waals surface area contributed by atoms with Crippen LogP contribution >= 0.6 is 0 Å². The molecule has 106 valence electrons. The van der Waals surface area contributed by atoms with Crippen molar-refractivity contribution in [1.82, 2.24) is 0 Å². The maximum atomic E-state index is 11.2. The van der Waals surface area contributed by atoms with Crippen molar-refractivity contribution in [2.75, 3.05) is 4.90 Å². The number of benzene rings is 1. The fourth-order valence-electron chi connectivity index (χ4n) is 3.53. The topological polar surface area (TPSA) is 83.7 Å². The molecule has 2 saturated heterocycles. The lowest BCUT2D eigenvalue weighted by molar-refractivity contribution is -0.384. The summed E-state index contributed by atoms with van der Waals surface area (Å²) in [6.45, 7) is 0. The summed E-state index contributed by atoms with van der Waals surface area (Å²) in [4.78, 5) is 23.7. The van der Waals surface area contributed by atoms with Gasteiger partial charge in [0, 0.05) is 35.5 Å². The molecule has 3 rings (SSSR count). The minimum absolute atomic E-state index is 0.0692. The van der Waals surface area contributed by atoms with Gasteiger partial charge in [-0.3, -0.25) is 14.9 Å². The van der Waals surface area contributed by atoms with Crippen molar-refractivity contribution in [3.05, 3.63) is 33.9 Å². The number of nitro groups is 1. The summed E-state index contributed by atoms with van der Waals surface area (Å²) in [7, 11) is 0. The number of carbonyl (C=O) groups is 1. The van der Waals surface area contributed by atoms with E-state index < -0.39 is 4.92 Å². The monoisotopic (exact) mass is 276 g/mol. The predicted molar refractivity (Wildman–Crippen MR) is 73.0 cm³/mol. The smallest absolute Gasteiger partial charge is 0.270 e. The van der Waals surface area contributed by atoms with Gasteiger partial charge in [-0.15, -0.1) is 0 Å². The maximum absolute atomic E-state index is 11.2. The number of carbonyl (C=O) groups excluding carboxylic acids is 1. The van der Waals surface area contributed by atoms with Gasteiger partial charge in [0.2, 0.25) is 0 Å². The Kier molecular flexibility index (Phi) is 3.17. The molecule has 1 aromatic carbocycles. The molecule has 2 fully saturated rings. The van der Waals surface area contributed by atoms with Crippen LogP contribution in [0.15, 0.2) is 18.2 Å². The van der Waals surface area contributed by atoms with Crippen LogP contribution in [0.1, 0.15) is 36.0 Å². The van der Waals surface area contributed by atoms with Gasteiger partial charge in [0.1, 0.15) is 0 Å². The van der Waals surface area contributed by atoms with Crippen LogP contribution in [0, 0.1) is 10.1 Å². The zero-order valence-corrected chi connectivity index (χ0v) is 10.9. The summed E-state index contributed by atoms with van der Waals surface area (Å²) >= 11 is 0. The number of anilines is 1. The summed E-state index contributed by atoms with van der Waals surface area (Å²) in [5.41, 5.74) is 1.04. The summed E-state index contributed by atoms with van der Waals surface area (Å²) in [6, 6.07) is 4.87. The SMILES string of the molecule is O=Cc1cc([N+](=O)[O-])ccc1N1C2CCC1CC(O)C2. The Balaban J connectivity index is 1.98. The number of hydrogen-bond donors (Lipinski definition) is 1. The van der Waals surface area contributed by atoms with Crippen LogP contribution in [-0.2, 0) is 0 Å². The normalized spacial score (nSPS) is 28.4. The van der Waals surface area contributed by atoms with Gasteiger partial charge in [-0.2, -0.15) is 0 Å². The van der Waals surface area contributed by atoms with E-state index in [1.54, 1.807) is 6.07 Å². The summed E-state index contributed by atoms with van der Waals surface area (Å²) in [6.07, 6.45) is 3.79. The minimum atomic E-state index is -0.495. The van der Waals surface area contributed by atoms with Gasteiger partial charge in [-0.25, -0.2) is 0 Å². The molecule has 2 atom stereocenters. The van der Waals surface area contributed by atoms with E-state index in [1.165, 1.54) is 12.1 Å².